The zero-order valence-corrected chi connectivity index (χ0v) is 12.0. The van der Waals surface area contributed by atoms with E-state index >= 15 is 0 Å². The smallest absolute Gasteiger partial charge is 0.138 e. The molecule has 1 rings (SSSR count). The molecule has 2 unspecified atom stereocenters. The third-order valence-corrected chi connectivity index (χ3v) is 3.19. The average molecular weight is 254 g/mol. The van der Waals surface area contributed by atoms with E-state index in [4.69, 9.17) is 4.74 Å². The van der Waals surface area contributed by atoms with E-state index in [0.717, 1.165) is 38.1 Å². The lowest BCUT2D eigenvalue weighted by Gasteiger charge is -2.26. The maximum absolute atomic E-state index is 5.62. The normalized spacial score (nSPS) is 14.7. The van der Waals surface area contributed by atoms with Gasteiger partial charge in [-0.3, -0.25) is 4.68 Å². The number of aromatic nitrogens is 3. The second kappa shape index (κ2) is 8.21. The first kappa shape index (κ1) is 15.1. The summed E-state index contributed by atoms with van der Waals surface area (Å²) in [4.78, 5) is 4.30. The van der Waals surface area contributed by atoms with Crippen LogP contribution in [0.3, 0.4) is 0 Å². The summed E-state index contributed by atoms with van der Waals surface area (Å²) in [5.41, 5.74) is 0. The largest absolute Gasteiger partial charge is 0.380 e. The summed E-state index contributed by atoms with van der Waals surface area (Å²) in [6.45, 7) is 5.37. The molecule has 2 atom stereocenters. The van der Waals surface area contributed by atoms with Crippen molar-refractivity contribution >= 4 is 0 Å². The molecule has 0 bridgehead atoms. The van der Waals surface area contributed by atoms with Crippen molar-refractivity contribution < 1.29 is 4.74 Å². The van der Waals surface area contributed by atoms with Crippen molar-refractivity contribution in [2.45, 2.75) is 51.7 Å². The predicted octanol–water partition coefficient (Wildman–Crippen LogP) is 1.54. The van der Waals surface area contributed by atoms with Gasteiger partial charge in [-0.15, -0.1) is 0 Å². The van der Waals surface area contributed by atoms with E-state index in [2.05, 4.69) is 29.2 Å². The molecule has 0 amide bonds. The van der Waals surface area contributed by atoms with Gasteiger partial charge in [0.25, 0.3) is 0 Å². The van der Waals surface area contributed by atoms with E-state index in [1.165, 1.54) is 0 Å². The van der Waals surface area contributed by atoms with Gasteiger partial charge in [-0.2, -0.15) is 5.10 Å². The zero-order valence-electron chi connectivity index (χ0n) is 12.0. The minimum atomic E-state index is 0.234. The lowest BCUT2D eigenvalue weighted by molar-refractivity contribution is 0.0600. The van der Waals surface area contributed by atoms with E-state index in [0.29, 0.717) is 6.04 Å². The molecular formula is C13H26N4O. The Morgan fingerprint density at radius 2 is 2.17 bits per heavy atom. The topological polar surface area (TPSA) is 52.0 Å². The van der Waals surface area contributed by atoms with Crippen LogP contribution in [0.1, 0.15) is 38.9 Å². The molecule has 104 valence electrons. The standard InChI is InChI=1S/C13H26N4O/c1-5-7-12(18-4)11(14-8-6-2)9-13-15-10-16-17(13)3/h10-12,14H,5-9H2,1-4H3. The number of rotatable bonds is 9. The minimum absolute atomic E-state index is 0.234. The Bertz CT molecular complexity index is 327. The van der Waals surface area contributed by atoms with Crippen molar-refractivity contribution in [3.63, 3.8) is 0 Å². The van der Waals surface area contributed by atoms with Crippen LogP contribution in [0.15, 0.2) is 6.33 Å². The average Bonchev–Trinajstić information content (AvgIpc) is 2.77. The fraction of sp³-hybridized carbons (Fsp3) is 0.846. The molecular weight excluding hydrogens is 228 g/mol. The van der Waals surface area contributed by atoms with Gasteiger partial charge in [-0.05, 0) is 19.4 Å². The van der Waals surface area contributed by atoms with Crippen LogP contribution >= 0.6 is 0 Å². The molecule has 5 nitrogen and oxygen atoms in total. The summed E-state index contributed by atoms with van der Waals surface area (Å²) >= 11 is 0. The van der Waals surface area contributed by atoms with Crippen LogP contribution in [0, 0.1) is 0 Å². The number of nitrogens with zero attached hydrogens (tertiary/aromatic N) is 3. The Labute approximate surface area is 110 Å². The summed E-state index contributed by atoms with van der Waals surface area (Å²) < 4.78 is 7.45. The lowest BCUT2D eigenvalue weighted by atomic mass is 10.0. The highest BCUT2D eigenvalue weighted by Crippen LogP contribution is 2.11. The number of methoxy groups -OCH3 is 1. The van der Waals surface area contributed by atoms with Crippen LogP contribution in [-0.2, 0) is 18.2 Å². The van der Waals surface area contributed by atoms with Crippen molar-refractivity contribution in [1.82, 2.24) is 20.1 Å². The Balaban J connectivity index is 2.67. The Kier molecular flexibility index (Phi) is 6.90. The number of ether oxygens (including phenoxy) is 1. The molecule has 0 aliphatic carbocycles. The van der Waals surface area contributed by atoms with Gasteiger partial charge in [-0.1, -0.05) is 20.3 Å². The van der Waals surface area contributed by atoms with Crippen LogP contribution in [-0.4, -0.2) is 40.6 Å². The van der Waals surface area contributed by atoms with Gasteiger partial charge < -0.3 is 10.1 Å². The van der Waals surface area contributed by atoms with Crippen LogP contribution in [0.5, 0.6) is 0 Å². The molecule has 0 saturated heterocycles. The zero-order chi connectivity index (χ0) is 13.4. The van der Waals surface area contributed by atoms with Crippen LogP contribution in [0.2, 0.25) is 0 Å². The van der Waals surface area contributed by atoms with Crippen LogP contribution in [0.25, 0.3) is 0 Å². The van der Waals surface area contributed by atoms with Gasteiger partial charge in [0.1, 0.15) is 12.2 Å². The minimum Gasteiger partial charge on any atom is -0.380 e. The van der Waals surface area contributed by atoms with Gasteiger partial charge in [0, 0.05) is 26.6 Å². The maximum Gasteiger partial charge on any atom is 0.138 e. The highest BCUT2D eigenvalue weighted by atomic mass is 16.5. The molecule has 0 spiro atoms. The lowest BCUT2D eigenvalue weighted by Crippen LogP contribution is -2.43. The number of hydrogen-bond acceptors (Lipinski definition) is 4. The van der Waals surface area contributed by atoms with E-state index < -0.39 is 0 Å². The fourth-order valence-electron chi connectivity index (χ4n) is 2.13. The maximum atomic E-state index is 5.62. The summed E-state index contributed by atoms with van der Waals surface area (Å²) in [5, 5.41) is 7.68. The summed E-state index contributed by atoms with van der Waals surface area (Å²) in [7, 11) is 3.72. The molecule has 0 aromatic carbocycles. The molecule has 0 saturated carbocycles. The van der Waals surface area contributed by atoms with Crippen molar-refractivity contribution in [2.24, 2.45) is 7.05 Å². The van der Waals surface area contributed by atoms with Gasteiger partial charge in [0.15, 0.2) is 0 Å². The Hall–Kier alpha value is -0.940. The molecule has 1 heterocycles. The molecule has 0 radical (unpaired) electrons. The van der Waals surface area contributed by atoms with Crippen molar-refractivity contribution in [1.29, 1.82) is 0 Å². The summed E-state index contributed by atoms with van der Waals surface area (Å²) in [6, 6.07) is 0.304. The molecule has 18 heavy (non-hydrogen) atoms. The number of hydrogen-bond donors (Lipinski definition) is 1. The fourth-order valence-corrected chi connectivity index (χ4v) is 2.13. The molecule has 0 fully saturated rings. The first-order chi connectivity index (χ1) is 8.72. The Morgan fingerprint density at radius 1 is 1.39 bits per heavy atom. The Morgan fingerprint density at radius 3 is 2.67 bits per heavy atom. The second-order valence-electron chi connectivity index (χ2n) is 4.63. The highest BCUT2D eigenvalue weighted by Gasteiger charge is 2.22. The SMILES string of the molecule is CCCNC(Cc1ncnn1C)C(CCC)OC. The van der Waals surface area contributed by atoms with Gasteiger partial charge in [0.05, 0.1) is 6.10 Å². The van der Waals surface area contributed by atoms with Crippen LogP contribution in [0.4, 0.5) is 0 Å². The quantitative estimate of drug-likeness (QED) is 0.726. The number of nitrogens with one attached hydrogen (secondary N) is 1. The molecule has 1 aromatic rings. The van der Waals surface area contributed by atoms with E-state index in [9.17, 15) is 0 Å². The first-order valence-electron chi connectivity index (χ1n) is 6.81. The highest BCUT2D eigenvalue weighted by molar-refractivity contribution is 4.92. The van der Waals surface area contributed by atoms with Gasteiger partial charge >= 0.3 is 0 Å². The predicted molar refractivity (Wildman–Crippen MR) is 72.5 cm³/mol. The van der Waals surface area contributed by atoms with Gasteiger partial charge in [-0.25, -0.2) is 4.98 Å². The molecule has 1 aromatic heterocycles. The summed E-state index contributed by atoms with van der Waals surface area (Å²) in [5.74, 6) is 1.00. The number of aryl methyl sites for hydroxylation is 1. The molecule has 0 aliphatic heterocycles. The molecule has 5 heteroatoms. The van der Waals surface area contributed by atoms with Crippen molar-refractivity contribution in [2.75, 3.05) is 13.7 Å². The molecule has 0 aliphatic rings. The van der Waals surface area contributed by atoms with E-state index in [1.54, 1.807) is 13.4 Å². The van der Waals surface area contributed by atoms with Crippen molar-refractivity contribution in [3.8, 4) is 0 Å². The van der Waals surface area contributed by atoms with Crippen LogP contribution < -0.4 is 5.32 Å². The van der Waals surface area contributed by atoms with Crippen molar-refractivity contribution in [3.05, 3.63) is 12.2 Å². The second-order valence-corrected chi connectivity index (χ2v) is 4.63. The third kappa shape index (κ3) is 4.38. The first-order valence-corrected chi connectivity index (χ1v) is 6.81. The summed E-state index contributed by atoms with van der Waals surface area (Å²) in [6.07, 6.45) is 6.01. The van der Waals surface area contributed by atoms with E-state index in [-0.39, 0.29) is 6.10 Å². The molecule has 1 N–H and O–H groups in total. The monoisotopic (exact) mass is 254 g/mol. The van der Waals surface area contributed by atoms with E-state index in [1.807, 2.05) is 11.7 Å². The van der Waals surface area contributed by atoms with Gasteiger partial charge in [0.2, 0.25) is 0 Å². The third-order valence-electron chi connectivity index (χ3n) is 3.19.